The molecule has 0 atom stereocenters. The van der Waals surface area contributed by atoms with Crippen molar-refractivity contribution in [1.29, 1.82) is 0 Å². The van der Waals surface area contributed by atoms with Crippen LogP contribution in [0, 0.1) is 6.92 Å². The summed E-state index contributed by atoms with van der Waals surface area (Å²) in [4.78, 5) is 52.8. The van der Waals surface area contributed by atoms with Crippen molar-refractivity contribution in [3.63, 3.8) is 0 Å². The molecule has 0 aliphatic carbocycles. The van der Waals surface area contributed by atoms with Gasteiger partial charge in [0.15, 0.2) is 0 Å². The number of amides is 2. The van der Waals surface area contributed by atoms with Gasteiger partial charge in [-0.15, -0.1) is 0 Å². The van der Waals surface area contributed by atoms with Crippen LogP contribution in [-0.2, 0) is 27.1 Å². The van der Waals surface area contributed by atoms with Crippen LogP contribution in [0.4, 0.5) is 5.82 Å². The van der Waals surface area contributed by atoms with Gasteiger partial charge in [-0.25, -0.2) is 4.98 Å². The number of fused-ring (bicyclic) bond motifs is 2. The SMILES string of the molecule is Cc1c(CN(C)C(=O)/C=C/c2cnc3c(c2)CCC(=O)N3P(=O)([O-])[O-])oc2ccccc12.[Mg+2]. The maximum atomic E-state index is 12.6. The van der Waals surface area contributed by atoms with Gasteiger partial charge in [-0.1, -0.05) is 18.2 Å². The Balaban J connectivity index is 0.00000306. The molecule has 33 heavy (non-hydrogen) atoms. The zero-order valence-corrected chi connectivity index (χ0v) is 20.5. The van der Waals surface area contributed by atoms with E-state index in [1.165, 1.54) is 17.2 Å². The van der Waals surface area contributed by atoms with E-state index in [0.29, 0.717) is 23.4 Å². The first-order valence-corrected chi connectivity index (χ1v) is 11.4. The third-order valence-corrected chi connectivity index (χ3v) is 6.27. The molecule has 0 N–H and O–H groups in total. The van der Waals surface area contributed by atoms with Crippen LogP contribution in [-0.4, -0.2) is 51.8 Å². The molecular weight excluding hydrogens is 458 g/mol. The first-order chi connectivity index (χ1) is 15.1. The zero-order valence-electron chi connectivity index (χ0n) is 18.2. The predicted octanol–water partition coefficient (Wildman–Crippen LogP) is 1.54. The van der Waals surface area contributed by atoms with Gasteiger partial charge in [0.2, 0.25) is 11.8 Å². The van der Waals surface area contributed by atoms with Crippen molar-refractivity contribution < 1.29 is 28.4 Å². The number of hydrogen-bond donors (Lipinski definition) is 0. The van der Waals surface area contributed by atoms with Crippen LogP contribution < -0.4 is 14.5 Å². The van der Waals surface area contributed by atoms with E-state index < -0.39 is 13.7 Å². The van der Waals surface area contributed by atoms with Crippen molar-refractivity contribution in [3.05, 3.63) is 65.1 Å². The van der Waals surface area contributed by atoms with E-state index in [2.05, 4.69) is 4.98 Å². The Kier molecular flexibility index (Phi) is 7.45. The van der Waals surface area contributed by atoms with Crippen LogP contribution in [0.5, 0.6) is 0 Å². The first kappa shape index (κ1) is 25.1. The van der Waals surface area contributed by atoms with Crippen molar-refractivity contribution in [1.82, 2.24) is 9.88 Å². The largest absolute Gasteiger partial charge is 2.00 e. The van der Waals surface area contributed by atoms with Gasteiger partial charge in [-0.05, 0) is 42.7 Å². The minimum absolute atomic E-state index is 0. The Morgan fingerprint density at radius 3 is 2.73 bits per heavy atom. The molecule has 1 aliphatic heterocycles. The maximum absolute atomic E-state index is 12.6. The van der Waals surface area contributed by atoms with E-state index in [1.54, 1.807) is 19.2 Å². The number of carbonyl (C=O) groups excluding carboxylic acids is 2. The van der Waals surface area contributed by atoms with E-state index in [1.807, 2.05) is 31.2 Å². The van der Waals surface area contributed by atoms with Crippen LogP contribution in [0.3, 0.4) is 0 Å². The molecule has 166 valence electrons. The molecular formula is C22H20MgN3O6P. The van der Waals surface area contributed by atoms with E-state index >= 15 is 0 Å². The summed E-state index contributed by atoms with van der Waals surface area (Å²) in [5, 5.41) is 1.01. The van der Waals surface area contributed by atoms with Crippen molar-refractivity contribution in [2.45, 2.75) is 26.3 Å². The number of rotatable bonds is 5. The monoisotopic (exact) mass is 477 g/mol. The maximum Gasteiger partial charge on any atom is 2.00 e. The standard InChI is InChI=1S/C22H22N3O6P.Mg/c1-14-17-5-3-4-6-18(17)31-19(14)13-24(2)20(26)9-7-15-11-16-8-10-21(27)25(32(28,29)30)22(16)23-12-15;/h3-7,9,11-12H,8,10,13H2,1-2H3,(H2,28,29,30);/q;+2/p-2/b9-7+;. The summed E-state index contributed by atoms with van der Waals surface area (Å²) in [6.45, 7) is 2.25. The number of pyridine rings is 1. The minimum Gasteiger partial charge on any atom is -0.794 e. The molecule has 4 rings (SSSR count). The second kappa shape index (κ2) is 9.78. The average molecular weight is 478 g/mol. The summed E-state index contributed by atoms with van der Waals surface area (Å²) in [7, 11) is -3.64. The van der Waals surface area contributed by atoms with E-state index in [4.69, 9.17) is 4.42 Å². The minimum atomic E-state index is -5.30. The zero-order chi connectivity index (χ0) is 23.0. The fraction of sp³-hybridized carbons (Fsp3) is 0.227. The molecule has 1 aromatic carbocycles. The number of para-hydroxylation sites is 1. The van der Waals surface area contributed by atoms with E-state index in [9.17, 15) is 23.9 Å². The van der Waals surface area contributed by atoms with Gasteiger partial charge >= 0.3 is 23.1 Å². The Labute approximate surface area is 206 Å². The average Bonchev–Trinajstić information content (AvgIpc) is 3.06. The quantitative estimate of drug-likeness (QED) is 0.309. The molecule has 2 amide bonds. The number of benzene rings is 1. The van der Waals surface area contributed by atoms with Gasteiger partial charge in [0.25, 0.3) is 0 Å². The van der Waals surface area contributed by atoms with Gasteiger partial charge in [0.1, 0.15) is 17.2 Å². The molecule has 0 saturated heterocycles. The normalized spacial score (nSPS) is 13.8. The molecule has 3 heterocycles. The smallest absolute Gasteiger partial charge is 0.794 e. The number of likely N-dealkylation sites (N-methyl/N-ethyl adjacent to an activating group) is 1. The van der Waals surface area contributed by atoms with Crippen LogP contribution in [0.1, 0.15) is 28.9 Å². The van der Waals surface area contributed by atoms with Crippen LogP contribution in [0.25, 0.3) is 17.0 Å². The first-order valence-electron chi connectivity index (χ1n) is 9.90. The Morgan fingerprint density at radius 2 is 2.03 bits per heavy atom. The number of nitrogens with zero attached hydrogens (tertiary/aromatic N) is 3. The van der Waals surface area contributed by atoms with Gasteiger partial charge in [-0.3, -0.25) is 14.3 Å². The summed E-state index contributed by atoms with van der Waals surface area (Å²) in [5.41, 5.74) is 2.75. The molecule has 0 bridgehead atoms. The van der Waals surface area contributed by atoms with Gasteiger partial charge < -0.3 is 23.7 Å². The molecule has 2 aromatic heterocycles. The van der Waals surface area contributed by atoms with Gasteiger partial charge in [0.05, 0.1) is 6.54 Å². The number of anilines is 1. The van der Waals surface area contributed by atoms with Crippen LogP contribution in [0.15, 0.2) is 47.0 Å². The number of aromatic nitrogens is 1. The predicted molar refractivity (Wildman–Crippen MR) is 120 cm³/mol. The molecule has 0 fully saturated rings. The Morgan fingerprint density at radius 1 is 1.30 bits per heavy atom. The molecule has 3 aromatic rings. The van der Waals surface area contributed by atoms with Crippen LogP contribution >= 0.6 is 7.75 Å². The molecule has 0 radical (unpaired) electrons. The van der Waals surface area contributed by atoms with Crippen molar-refractivity contribution in [3.8, 4) is 0 Å². The molecule has 1 aliphatic rings. The van der Waals surface area contributed by atoms with E-state index in [-0.39, 0.29) is 52.3 Å². The summed E-state index contributed by atoms with van der Waals surface area (Å²) in [6.07, 6.45) is 4.40. The molecule has 9 nitrogen and oxygen atoms in total. The van der Waals surface area contributed by atoms with E-state index in [0.717, 1.165) is 16.5 Å². The summed E-state index contributed by atoms with van der Waals surface area (Å²) in [6, 6.07) is 9.28. The number of furan rings is 1. The van der Waals surface area contributed by atoms with Gasteiger partial charge in [-0.2, -0.15) is 0 Å². The molecule has 11 heteroatoms. The third-order valence-electron chi connectivity index (χ3n) is 5.37. The Bertz CT molecular complexity index is 1300. The summed E-state index contributed by atoms with van der Waals surface area (Å²) in [5.74, 6) is -0.520. The fourth-order valence-electron chi connectivity index (χ4n) is 3.67. The van der Waals surface area contributed by atoms with Crippen molar-refractivity contribution in [2.24, 2.45) is 0 Å². The number of hydrogen-bond acceptors (Lipinski definition) is 7. The fourth-order valence-corrected chi connectivity index (χ4v) is 4.45. The second-order valence-electron chi connectivity index (χ2n) is 7.60. The Hall–Kier alpha value is -2.49. The second-order valence-corrected chi connectivity index (χ2v) is 8.94. The molecule has 0 unspecified atom stereocenters. The summed E-state index contributed by atoms with van der Waals surface area (Å²) < 4.78 is 17.5. The number of carbonyl (C=O) groups is 2. The topological polar surface area (TPSA) is 130 Å². The third kappa shape index (κ3) is 5.20. The van der Waals surface area contributed by atoms with Crippen LogP contribution in [0.2, 0.25) is 0 Å². The molecule has 0 saturated carbocycles. The van der Waals surface area contributed by atoms with Crippen molar-refractivity contribution in [2.75, 3.05) is 11.7 Å². The summed E-state index contributed by atoms with van der Waals surface area (Å²) >= 11 is 0. The number of aryl methyl sites for hydroxylation is 2. The van der Waals surface area contributed by atoms with Crippen molar-refractivity contribution >= 4 is 65.5 Å². The molecule has 0 spiro atoms. The van der Waals surface area contributed by atoms with Gasteiger partial charge in [0, 0.05) is 44.4 Å².